The van der Waals surface area contributed by atoms with Crippen molar-refractivity contribution in [3.8, 4) is 11.1 Å². The number of rotatable bonds is 6. The Morgan fingerprint density at radius 1 is 1.07 bits per heavy atom. The van der Waals surface area contributed by atoms with Crippen molar-refractivity contribution in [2.75, 3.05) is 11.4 Å². The van der Waals surface area contributed by atoms with E-state index >= 15 is 0 Å². The molecule has 142 valence electrons. The molecule has 6 heteroatoms. The highest BCUT2D eigenvalue weighted by Crippen LogP contribution is 2.25. The number of hydrogen-bond acceptors (Lipinski definition) is 5. The number of hydrogen-bond donors (Lipinski definition) is 0. The summed E-state index contributed by atoms with van der Waals surface area (Å²) in [6, 6.07) is 18.1. The molecular formula is C22H20N2O3S. The Labute approximate surface area is 167 Å². The first-order valence-electron chi connectivity index (χ1n) is 9.24. The lowest BCUT2D eigenvalue weighted by molar-refractivity contribution is -0.144. The monoisotopic (exact) mass is 392 g/mol. The van der Waals surface area contributed by atoms with Gasteiger partial charge in [-0.3, -0.25) is 14.5 Å². The molecule has 1 aliphatic heterocycles. The molecule has 0 unspecified atom stereocenters. The van der Waals surface area contributed by atoms with Crippen LogP contribution in [0.15, 0.2) is 60.0 Å². The largest absolute Gasteiger partial charge is 0.461 e. The van der Waals surface area contributed by atoms with E-state index in [-0.39, 0.29) is 24.9 Å². The van der Waals surface area contributed by atoms with E-state index < -0.39 is 0 Å². The summed E-state index contributed by atoms with van der Waals surface area (Å²) in [4.78, 5) is 30.0. The minimum absolute atomic E-state index is 0.0995. The second kappa shape index (κ2) is 8.35. The van der Waals surface area contributed by atoms with Gasteiger partial charge >= 0.3 is 5.97 Å². The second-order valence-corrected chi connectivity index (χ2v) is 7.51. The first-order chi connectivity index (χ1) is 13.7. The van der Waals surface area contributed by atoms with Gasteiger partial charge in [-0.05, 0) is 23.1 Å². The number of esters is 1. The molecule has 2 heterocycles. The van der Waals surface area contributed by atoms with Crippen molar-refractivity contribution in [2.24, 2.45) is 0 Å². The van der Waals surface area contributed by atoms with Crippen LogP contribution in [0.5, 0.6) is 0 Å². The van der Waals surface area contributed by atoms with Crippen molar-refractivity contribution in [3.05, 3.63) is 71.2 Å². The molecule has 1 aliphatic rings. The van der Waals surface area contributed by atoms with Gasteiger partial charge in [0.1, 0.15) is 6.61 Å². The lowest BCUT2D eigenvalue weighted by Gasteiger charge is -2.10. The zero-order chi connectivity index (χ0) is 19.3. The van der Waals surface area contributed by atoms with Crippen LogP contribution in [-0.4, -0.2) is 23.4 Å². The van der Waals surface area contributed by atoms with Crippen LogP contribution in [0.2, 0.25) is 0 Å². The normalized spacial score (nSPS) is 13.7. The molecule has 0 spiro atoms. The number of thiazole rings is 1. The molecule has 4 rings (SSSR count). The molecule has 0 atom stereocenters. The van der Waals surface area contributed by atoms with Crippen molar-refractivity contribution in [1.29, 1.82) is 0 Å². The summed E-state index contributed by atoms with van der Waals surface area (Å²) in [5.41, 5.74) is 3.86. The fourth-order valence-electron chi connectivity index (χ4n) is 3.14. The van der Waals surface area contributed by atoms with Crippen molar-refractivity contribution in [1.82, 2.24) is 4.98 Å². The zero-order valence-corrected chi connectivity index (χ0v) is 16.2. The molecule has 1 amide bonds. The smallest absolute Gasteiger partial charge is 0.312 e. The summed E-state index contributed by atoms with van der Waals surface area (Å²) in [6.07, 6.45) is 1.54. The molecule has 3 aromatic rings. The molecule has 2 aromatic carbocycles. The Bertz CT molecular complexity index is 967. The Morgan fingerprint density at radius 3 is 2.54 bits per heavy atom. The fraction of sp³-hybridized carbons (Fsp3) is 0.227. The number of ether oxygens (including phenoxy) is 1. The predicted octanol–water partition coefficient (Wildman–Crippen LogP) is 4.22. The third kappa shape index (κ3) is 4.28. The molecule has 1 saturated heterocycles. The molecule has 28 heavy (non-hydrogen) atoms. The van der Waals surface area contributed by atoms with Crippen molar-refractivity contribution in [3.63, 3.8) is 0 Å². The molecule has 0 N–H and O–H groups in total. The number of nitrogens with zero attached hydrogens (tertiary/aromatic N) is 2. The quantitative estimate of drug-likeness (QED) is 0.589. The minimum atomic E-state index is -0.322. The molecule has 5 nitrogen and oxygen atoms in total. The molecule has 1 fully saturated rings. The van der Waals surface area contributed by atoms with E-state index in [1.807, 2.05) is 47.8 Å². The highest BCUT2D eigenvalue weighted by atomic mass is 32.1. The maximum absolute atomic E-state index is 12.1. The lowest BCUT2D eigenvalue weighted by atomic mass is 10.0. The molecular weight excluding hydrogens is 372 g/mol. The summed E-state index contributed by atoms with van der Waals surface area (Å²) in [5, 5.41) is 2.48. The highest BCUT2D eigenvalue weighted by Gasteiger charge is 2.24. The van der Waals surface area contributed by atoms with Crippen LogP contribution in [0.4, 0.5) is 5.13 Å². The van der Waals surface area contributed by atoms with Crippen molar-refractivity contribution >= 4 is 28.3 Å². The van der Waals surface area contributed by atoms with Gasteiger partial charge in [0.25, 0.3) is 0 Å². The number of anilines is 1. The number of benzene rings is 2. The molecule has 0 bridgehead atoms. The Kier molecular flexibility index (Phi) is 5.48. The summed E-state index contributed by atoms with van der Waals surface area (Å²) < 4.78 is 5.38. The third-order valence-corrected chi connectivity index (χ3v) is 5.54. The topological polar surface area (TPSA) is 59.5 Å². The van der Waals surface area contributed by atoms with Crippen LogP contribution >= 0.6 is 11.3 Å². The van der Waals surface area contributed by atoms with Crippen LogP contribution in [0.25, 0.3) is 11.1 Å². The summed E-state index contributed by atoms with van der Waals surface area (Å²) in [7, 11) is 0. The van der Waals surface area contributed by atoms with Gasteiger partial charge in [0.05, 0.1) is 12.1 Å². The zero-order valence-electron chi connectivity index (χ0n) is 15.3. The molecule has 0 radical (unpaired) electrons. The van der Waals surface area contributed by atoms with Gasteiger partial charge in [-0.2, -0.15) is 0 Å². The van der Waals surface area contributed by atoms with Crippen LogP contribution in [0.3, 0.4) is 0 Å². The standard InChI is InChI=1S/C22H20N2O3S/c25-20-7-4-12-24(20)22-23-19(15-28-22)13-21(26)27-14-16-8-10-18(11-9-16)17-5-2-1-3-6-17/h1-3,5-6,8-11,15H,4,7,12-14H2. The molecule has 0 aliphatic carbocycles. The van der Waals surface area contributed by atoms with Crippen molar-refractivity contribution < 1.29 is 14.3 Å². The van der Waals surface area contributed by atoms with E-state index in [9.17, 15) is 9.59 Å². The Balaban J connectivity index is 1.30. The summed E-state index contributed by atoms with van der Waals surface area (Å²) >= 11 is 1.39. The Hall–Kier alpha value is -2.99. The number of aromatic nitrogens is 1. The number of amides is 1. The second-order valence-electron chi connectivity index (χ2n) is 6.67. The van der Waals surface area contributed by atoms with Gasteiger partial charge in [-0.25, -0.2) is 4.98 Å². The number of carbonyl (C=O) groups excluding carboxylic acids is 2. The molecule has 1 aromatic heterocycles. The van der Waals surface area contributed by atoms with Crippen LogP contribution < -0.4 is 4.90 Å². The highest BCUT2D eigenvalue weighted by molar-refractivity contribution is 7.14. The predicted molar refractivity (Wildman–Crippen MR) is 109 cm³/mol. The molecule has 0 saturated carbocycles. The third-order valence-electron chi connectivity index (χ3n) is 4.63. The van der Waals surface area contributed by atoms with E-state index in [2.05, 4.69) is 17.1 Å². The first kappa shape index (κ1) is 18.4. The minimum Gasteiger partial charge on any atom is -0.461 e. The maximum atomic E-state index is 12.1. The van der Waals surface area contributed by atoms with E-state index in [1.54, 1.807) is 4.90 Å². The average Bonchev–Trinajstić information content (AvgIpc) is 3.36. The average molecular weight is 392 g/mol. The maximum Gasteiger partial charge on any atom is 0.312 e. The van der Waals surface area contributed by atoms with Gasteiger partial charge in [-0.15, -0.1) is 11.3 Å². The van der Waals surface area contributed by atoms with Crippen LogP contribution in [-0.2, 0) is 27.4 Å². The van der Waals surface area contributed by atoms with Gasteiger partial charge in [0.2, 0.25) is 5.91 Å². The van der Waals surface area contributed by atoms with Gasteiger partial charge in [0, 0.05) is 18.3 Å². The van der Waals surface area contributed by atoms with Crippen molar-refractivity contribution in [2.45, 2.75) is 25.9 Å². The SMILES string of the molecule is O=C(Cc1csc(N2CCCC2=O)n1)OCc1ccc(-c2ccccc2)cc1. The van der Waals surface area contributed by atoms with Crippen LogP contribution in [0.1, 0.15) is 24.1 Å². The summed E-state index contributed by atoms with van der Waals surface area (Å²) in [6.45, 7) is 0.935. The van der Waals surface area contributed by atoms with E-state index in [4.69, 9.17) is 4.74 Å². The first-order valence-corrected chi connectivity index (χ1v) is 10.1. The van der Waals surface area contributed by atoms with E-state index in [0.29, 0.717) is 23.8 Å². The fourth-order valence-corrected chi connectivity index (χ4v) is 4.01. The Morgan fingerprint density at radius 2 is 1.82 bits per heavy atom. The van der Waals surface area contributed by atoms with Gasteiger partial charge < -0.3 is 4.74 Å². The van der Waals surface area contributed by atoms with Crippen LogP contribution in [0, 0.1) is 0 Å². The lowest BCUT2D eigenvalue weighted by Crippen LogP contribution is -2.23. The number of carbonyl (C=O) groups is 2. The van der Waals surface area contributed by atoms with Gasteiger partial charge in [-0.1, -0.05) is 54.6 Å². The van der Waals surface area contributed by atoms with Gasteiger partial charge in [0.15, 0.2) is 5.13 Å². The van der Waals surface area contributed by atoms with E-state index in [0.717, 1.165) is 23.1 Å². The van der Waals surface area contributed by atoms with E-state index in [1.165, 1.54) is 11.3 Å². The summed E-state index contributed by atoms with van der Waals surface area (Å²) in [5.74, 6) is -0.223.